The zero-order valence-electron chi connectivity index (χ0n) is 9.97. The number of carbonyl (C=O) groups is 1. The van der Waals surface area contributed by atoms with Gasteiger partial charge in [0, 0.05) is 19.1 Å². The molecule has 0 bridgehead atoms. The summed E-state index contributed by atoms with van der Waals surface area (Å²) in [4.78, 5) is 13.5. The van der Waals surface area contributed by atoms with E-state index in [0.29, 0.717) is 6.54 Å². The lowest BCUT2D eigenvalue weighted by Gasteiger charge is -2.40. The van der Waals surface area contributed by atoms with Crippen molar-refractivity contribution in [1.82, 2.24) is 15.5 Å². The molecule has 0 aromatic carbocycles. The largest absolute Gasteiger partial charge is 0.405 e. The zero-order valence-corrected chi connectivity index (χ0v) is 9.97. The third-order valence-corrected chi connectivity index (χ3v) is 2.93. The van der Waals surface area contributed by atoms with Crippen LogP contribution in [0.15, 0.2) is 0 Å². The molecule has 1 aliphatic heterocycles. The van der Waals surface area contributed by atoms with Crippen molar-refractivity contribution in [1.29, 1.82) is 0 Å². The van der Waals surface area contributed by atoms with Crippen molar-refractivity contribution in [2.75, 3.05) is 26.2 Å². The summed E-state index contributed by atoms with van der Waals surface area (Å²) in [6, 6.07) is -0.291. The van der Waals surface area contributed by atoms with Crippen molar-refractivity contribution in [3.63, 3.8) is 0 Å². The number of likely N-dealkylation sites (N-methyl/N-ethyl adjacent to an activating group) is 1. The average Bonchev–Trinajstić information content (AvgIpc) is 2.17. The maximum atomic E-state index is 12.0. The fourth-order valence-electron chi connectivity index (χ4n) is 1.84. The normalized spacial score (nSPS) is 18.9. The predicted molar refractivity (Wildman–Crippen MR) is 57.6 cm³/mol. The highest BCUT2D eigenvalue weighted by molar-refractivity contribution is 5.81. The SMILES string of the molecule is CCN(C1CNC1)C(C)C(=O)NCC(F)(F)F. The van der Waals surface area contributed by atoms with Crippen molar-refractivity contribution in [3.05, 3.63) is 0 Å². The molecule has 1 aliphatic rings. The topological polar surface area (TPSA) is 44.4 Å². The summed E-state index contributed by atoms with van der Waals surface area (Å²) in [7, 11) is 0. The number of halogens is 3. The monoisotopic (exact) mass is 253 g/mol. The highest BCUT2D eigenvalue weighted by atomic mass is 19.4. The third-order valence-electron chi connectivity index (χ3n) is 2.93. The van der Waals surface area contributed by atoms with Crippen LogP contribution in [0.2, 0.25) is 0 Å². The number of nitrogens with zero attached hydrogens (tertiary/aromatic N) is 1. The molecular formula is C10H18F3N3O. The van der Waals surface area contributed by atoms with Gasteiger partial charge in [0.15, 0.2) is 0 Å². The standard InChI is InChI=1S/C10H18F3N3O/c1-3-16(8-4-14-5-8)7(2)9(17)15-6-10(11,12)13/h7-8,14H,3-6H2,1-2H3,(H,15,17). The van der Waals surface area contributed by atoms with Crippen LogP contribution >= 0.6 is 0 Å². The van der Waals surface area contributed by atoms with Crippen molar-refractivity contribution >= 4 is 5.91 Å². The molecule has 1 rings (SSSR count). The third kappa shape index (κ3) is 4.16. The molecule has 2 N–H and O–H groups in total. The van der Waals surface area contributed by atoms with Crippen LogP contribution in [0.5, 0.6) is 0 Å². The first-order valence-corrected chi connectivity index (χ1v) is 5.66. The van der Waals surface area contributed by atoms with Crippen LogP contribution in [0.1, 0.15) is 13.8 Å². The van der Waals surface area contributed by atoms with Gasteiger partial charge in [0.25, 0.3) is 0 Å². The van der Waals surface area contributed by atoms with E-state index in [1.165, 1.54) is 0 Å². The van der Waals surface area contributed by atoms with Gasteiger partial charge >= 0.3 is 6.18 Å². The van der Waals surface area contributed by atoms with Gasteiger partial charge in [-0.25, -0.2) is 0 Å². The van der Waals surface area contributed by atoms with E-state index in [1.807, 2.05) is 17.1 Å². The first-order chi connectivity index (χ1) is 7.85. The lowest BCUT2D eigenvalue weighted by atomic mass is 10.1. The number of alkyl halides is 3. The Balaban J connectivity index is 2.43. The van der Waals surface area contributed by atoms with Gasteiger partial charge in [-0.05, 0) is 13.5 Å². The number of hydrogen-bond acceptors (Lipinski definition) is 3. The van der Waals surface area contributed by atoms with Crippen LogP contribution in [-0.4, -0.2) is 55.2 Å². The second kappa shape index (κ2) is 5.68. The number of hydrogen-bond donors (Lipinski definition) is 2. The van der Waals surface area contributed by atoms with E-state index in [2.05, 4.69) is 5.32 Å². The molecule has 1 saturated heterocycles. The zero-order chi connectivity index (χ0) is 13.1. The second-order valence-electron chi connectivity index (χ2n) is 4.15. The summed E-state index contributed by atoms with van der Waals surface area (Å²) in [6.07, 6.45) is -4.36. The molecule has 0 aromatic heterocycles. The first kappa shape index (κ1) is 14.2. The number of nitrogens with one attached hydrogen (secondary N) is 2. The first-order valence-electron chi connectivity index (χ1n) is 5.66. The van der Waals surface area contributed by atoms with Crippen LogP contribution in [-0.2, 0) is 4.79 Å². The Bertz CT molecular complexity index is 266. The number of carbonyl (C=O) groups excluding carboxylic acids is 1. The summed E-state index contributed by atoms with van der Waals surface area (Å²) >= 11 is 0. The number of amides is 1. The molecule has 1 heterocycles. The smallest absolute Gasteiger partial charge is 0.346 e. The molecule has 7 heteroatoms. The summed E-state index contributed by atoms with van der Waals surface area (Å²) < 4.78 is 35.9. The fourth-order valence-corrected chi connectivity index (χ4v) is 1.84. The van der Waals surface area contributed by atoms with Crippen LogP contribution in [0, 0.1) is 0 Å². The molecule has 0 aliphatic carbocycles. The lowest BCUT2D eigenvalue weighted by molar-refractivity contribution is -0.142. The Morgan fingerprint density at radius 1 is 1.53 bits per heavy atom. The van der Waals surface area contributed by atoms with Gasteiger partial charge in [-0.3, -0.25) is 9.69 Å². The van der Waals surface area contributed by atoms with Crippen molar-refractivity contribution in [2.24, 2.45) is 0 Å². The molecule has 17 heavy (non-hydrogen) atoms. The Morgan fingerprint density at radius 3 is 2.47 bits per heavy atom. The Labute approximate surface area is 98.5 Å². The number of rotatable bonds is 5. The summed E-state index contributed by atoms with van der Waals surface area (Å²) in [6.45, 7) is 4.47. The van der Waals surface area contributed by atoms with Crippen LogP contribution in [0.3, 0.4) is 0 Å². The quantitative estimate of drug-likeness (QED) is 0.743. The molecule has 1 atom stereocenters. The molecule has 1 fully saturated rings. The molecule has 4 nitrogen and oxygen atoms in total. The van der Waals surface area contributed by atoms with E-state index in [9.17, 15) is 18.0 Å². The van der Waals surface area contributed by atoms with Crippen LogP contribution in [0.25, 0.3) is 0 Å². The van der Waals surface area contributed by atoms with Gasteiger partial charge in [-0.2, -0.15) is 13.2 Å². The van der Waals surface area contributed by atoms with Gasteiger partial charge in [0.05, 0.1) is 6.04 Å². The van der Waals surface area contributed by atoms with E-state index in [1.54, 1.807) is 6.92 Å². The molecule has 1 unspecified atom stereocenters. The van der Waals surface area contributed by atoms with Crippen LogP contribution < -0.4 is 10.6 Å². The molecule has 0 spiro atoms. The second-order valence-corrected chi connectivity index (χ2v) is 4.15. The summed E-state index contributed by atoms with van der Waals surface area (Å²) in [5.41, 5.74) is 0. The van der Waals surface area contributed by atoms with Gasteiger partial charge < -0.3 is 10.6 Å². The highest BCUT2D eigenvalue weighted by Gasteiger charge is 2.33. The van der Waals surface area contributed by atoms with Gasteiger partial charge in [-0.1, -0.05) is 6.92 Å². The van der Waals surface area contributed by atoms with Gasteiger partial charge in [0.1, 0.15) is 6.54 Å². The Morgan fingerprint density at radius 2 is 2.12 bits per heavy atom. The average molecular weight is 253 g/mol. The summed E-state index contributed by atoms with van der Waals surface area (Å²) in [5, 5.41) is 4.99. The molecule has 0 radical (unpaired) electrons. The molecule has 0 aromatic rings. The maximum Gasteiger partial charge on any atom is 0.405 e. The lowest BCUT2D eigenvalue weighted by Crippen LogP contribution is -2.62. The van der Waals surface area contributed by atoms with Crippen molar-refractivity contribution < 1.29 is 18.0 Å². The summed E-state index contributed by atoms with van der Waals surface area (Å²) in [5.74, 6) is -0.573. The minimum atomic E-state index is -4.36. The Kier molecular flexibility index (Phi) is 4.76. The molecule has 1 amide bonds. The van der Waals surface area contributed by atoms with Gasteiger partial charge in [-0.15, -0.1) is 0 Å². The predicted octanol–water partition coefficient (Wildman–Crippen LogP) is 0.347. The van der Waals surface area contributed by atoms with E-state index < -0.39 is 24.7 Å². The minimum absolute atomic E-state index is 0.242. The van der Waals surface area contributed by atoms with Crippen molar-refractivity contribution in [2.45, 2.75) is 32.1 Å². The van der Waals surface area contributed by atoms with Crippen LogP contribution in [0.4, 0.5) is 13.2 Å². The van der Waals surface area contributed by atoms with Gasteiger partial charge in [0.2, 0.25) is 5.91 Å². The maximum absolute atomic E-state index is 12.0. The van der Waals surface area contributed by atoms with Crippen molar-refractivity contribution in [3.8, 4) is 0 Å². The fraction of sp³-hybridized carbons (Fsp3) is 0.900. The molecular weight excluding hydrogens is 235 g/mol. The highest BCUT2D eigenvalue weighted by Crippen LogP contribution is 2.13. The van der Waals surface area contributed by atoms with E-state index >= 15 is 0 Å². The Hall–Kier alpha value is -0.820. The van der Waals surface area contributed by atoms with E-state index in [-0.39, 0.29) is 6.04 Å². The molecule has 0 saturated carbocycles. The molecule has 100 valence electrons. The van der Waals surface area contributed by atoms with E-state index in [4.69, 9.17) is 0 Å². The van der Waals surface area contributed by atoms with E-state index in [0.717, 1.165) is 13.1 Å². The minimum Gasteiger partial charge on any atom is -0.346 e.